The maximum absolute atomic E-state index is 13.1. The van der Waals surface area contributed by atoms with Crippen molar-refractivity contribution in [3.63, 3.8) is 0 Å². The SMILES string of the molecule is CCCc1c(C(=O)Nc2sc(CC)cc2C(=O)OCC)sc2ccccc12. The first kappa shape index (κ1) is 19.6. The van der Waals surface area contributed by atoms with E-state index < -0.39 is 5.97 Å². The van der Waals surface area contributed by atoms with Crippen LogP contribution < -0.4 is 5.32 Å². The standard InChI is InChI=1S/C21H23NO3S2/c1-4-9-15-14-10-7-8-11-17(14)27-18(15)19(23)22-20-16(21(24)25-6-3)12-13(5-2)26-20/h7-8,10-12H,4-6,9H2,1-3H3,(H,22,23). The summed E-state index contributed by atoms with van der Waals surface area (Å²) < 4.78 is 6.25. The predicted molar refractivity (Wildman–Crippen MR) is 113 cm³/mol. The van der Waals surface area contributed by atoms with Crippen molar-refractivity contribution in [2.24, 2.45) is 0 Å². The number of nitrogens with one attached hydrogen (secondary N) is 1. The average molecular weight is 402 g/mol. The largest absolute Gasteiger partial charge is 0.462 e. The summed E-state index contributed by atoms with van der Waals surface area (Å²) in [5.41, 5.74) is 1.52. The van der Waals surface area contributed by atoms with Gasteiger partial charge in [-0.3, -0.25) is 4.79 Å². The van der Waals surface area contributed by atoms with Crippen molar-refractivity contribution in [2.45, 2.75) is 40.0 Å². The summed E-state index contributed by atoms with van der Waals surface area (Å²) in [4.78, 5) is 27.1. The second-order valence-corrected chi connectivity index (χ2v) is 8.33. The van der Waals surface area contributed by atoms with Crippen LogP contribution in [0.5, 0.6) is 0 Å². The monoisotopic (exact) mass is 401 g/mol. The number of amides is 1. The Kier molecular flexibility index (Phi) is 6.29. The van der Waals surface area contributed by atoms with E-state index in [1.807, 2.05) is 31.2 Å². The molecule has 1 amide bonds. The zero-order chi connectivity index (χ0) is 19.4. The fourth-order valence-corrected chi connectivity index (χ4v) is 5.14. The number of rotatable bonds is 7. The van der Waals surface area contributed by atoms with Gasteiger partial charge in [-0.15, -0.1) is 22.7 Å². The Morgan fingerprint density at radius 2 is 1.89 bits per heavy atom. The molecule has 3 rings (SSSR count). The fraction of sp³-hybridized carbons (Fsp3) is 0.333. The van der Waals surface area contributed by atoms with Gasteiger partial charge in [-0.1, -0.05) is 38.5 Å². The van der Waals surface area contributed by atoms with Gasteiger partial charge in [0.05, 0.1) is 17.0 Å². The summed E-state index contributed by atoms with van der Waals surface area (Å²) in [5, 5.41) is 4.67. The number of esters is 1. The third kappa shape index (κ3) is 4.06. The van der Waals surface area contributed by atoms with Gasteiger partial charge in [-0.25, -0.2) is 4.79 Å². The molecule has 3 aromatic rings. The molecule has 27 heavy (non-hydrogen) atoms. The molecular formula is C21H23NO3S2. The summed E-state index contributed by atoms with van der Waals surface area (Å²) in [6.45, 7) is 6.22. The molecule has 0 aliphatic heterocycles. The number of anilines is 1. The second-order valence-electron chi connectivity index (χ2n) is 6.14. The van der Waals surface area contributed by atoms with Crippen LogP contribution >= 0.6 is 22.7 Å². The van der Waals surface area contributed by atoms with E-state index in [1.54, 1.807) is 6.92 Å². The number of carbonyl (C=O) groups excluding carboxylic acids is 2. The Bertz CT molecular complexity index is 971. The molecule has 0 unspecified atom stereocenters. The highest BCUT2D eigenvalue weighted by Crippen LogP contribution is 2.35. The van der Waals surface area contributed by atoms with Crippen molar-refractivity contribution in [1.82, 2.24) is 0 Å². The van der Waals surface area contributed by atoms with Crippen LogP contribution in [0.4, 0.5) is 5.00 Å². The van der Waals surface area contributed by atoms with Gasteiger partial charge < -0.3 is 10.1 Å². The Hall–Kier alpha value is -2.18. The summed E-state index contributed by atoms with van der Waals surface area (Å²) in [6.07, 6.45) is 2.62. The van der Waals surface area contributed by atoms with Gasteiger partial charge in [-0.2, -0.15) is 0 Å². The molecule has 2 heterocycles. The van der Waals surface area contributed by atoms with Crippen LogP contribution in [0.1, 0.15) is 57.7 Å². The number of hydrogen-bond donors (Lipinski definition) is 1. The molecule has 142 valence electrons. The minimum Gasteiger partial charge on any atom is -0.462 e. The smallest absolute Gasteiger partial charge is 0.341 e. The van der Waals surface area contributed by atoms with Gasteiger partial charge in [-0.05, 0) is 42.8 Å². The van der Waals surface area contributed by atoms with Crippen molar-refractivity contribution in [1.29, 1.82) is 0 Å². The topological polar surface area (TPSA) is 55.4 Å². The number of fused-ring (bicyclic) bond motifs is 1. The van der Waals surface area contributed by atoms with Crippen molar-refractivity contribution in [2.75, 3.05) is 11.9 Å². The zero-order valence-electron chi connectivity index (χ0n) is 15.8. The molecule has 2 aromatic heterocycles. The minimum atomic E-state index is -0.395. The maximum Gasteiger partial charge on any atom is 0.341 e. The maximum atomic E-state index is 13.1. The molecule has 0 atom stereocenters. The van der Waals surface area contributed by atoms with Crippen molar-refractivity contribution < 1.29 is 14.3 Å². The summed E-state index contributed by atoms with van der Waals surface area (Å²) in [6, 6.07) is 9.91. The lowest BCUT2D eigenvalue weighted by molar-refractivity contribution is 0.0528. The number of thiophene rings is 2. The first-order valence-electron chi connectivity index (χ1n) is 9.20. The quantitative estimate of drug-likeness (QED) is 0.501. The Labute approximate surface area is 167 Å². The zero-order valence-corrected chi connectivity index (χ0v) is 17.4. The third-order valence-corrected chi connectivity index (χ3v) is 6.67. The fourth-order valence-electron chi connectivity index (χ4n) is 3.01. The summed E-state index contributed by atoms with van der Waals surface area (Å²) in [5.74, 6) is -0.552. The molecule has 0 fully saturated rings. The molecule has 1 N–H and O–H groups in total. The van der Waals surface area contributed by atoms with Crippen LogP contribution in [0.3, 0.4) is 0 Å². The Balaban J connectivity index is 1.96. The number of ether oxygens (including phenoxy) is 1. The molecule has 0 saturated carbocycles. The lowest BCUT2D eigenvalue weighted by atomic mass is 10.1. The number of aryl methyl sites for hydroxylation is 2. The lowest BCUT2D eigenvalue weighted by Crippen LogP contribution is -2.14. The number of benzene rings is 1. The minimum absolute atomic E-state index is 0.158. The highest BCUT2D eigenvalue weighted by atomic mass is 32.1. The third-order valence-electron chi connectivity index (χ3n) is 4.26. The van der Waals surface area contributed by atoms with E-state index >= 15 is 0 Å². The van der Waals surface area contributed by atoms with Crippen LogP contribution in [0.15, 0.2) is 30.3 Å². The van der Waals surface area contributed by atoms with Crippen molar-refractivity contribution in [3.8, 4) is 0 Å². The Morgan fingerprint density at radius 3 is 2.59 bits per heavy atom. The normalized spacial score (nSPS) is 10.9. The second kappa shape index (κ2) is 8.67. The molecule has 1 aromatic carbocycles. The van der Waals surface area contributed by atoms with E-state index in [2.05, 4.69) is 18.3 Å². The molecule has 0 aliphatic carbocycles. The van der Waals surface area contributed by atoms with Gasteiger partial charge in [0, 0.05) is 9.58 Å². The van der Waals surface area contributed by atoms with Crippen LogP contribution in [0, 0.1) is 0 Å². The molecular weight excluding hydrogens is 378 g/mol. The van der Waals surface area contributed by atoms with Crippen LogP contribution in [-0.2, 0) is 17.6 Å². The van der Waals surface area contributed by atoms with Crippen LogP contribution in [0.2, 0.25) is 0 Å². The van der Waals surface area contributed by atoms with Crippen LogP contribution in [-0.4, -0.2) is 18.5 Å². The molecule has 0 saturated heterocycles. The molecule has 0 radical (unpaired) electrons. The van der Waals surface area contributed by atoms with Crippen LogP contribution in [0.25, 0.3) is 10.1 Å². The van der Waals surface area contributed by atoms with Crippen molar-refractivity contribution in [3.05, 3.63) is 51.2 Å². The molecule has 6 heteroatoms. The van der Waals surface area contributed by atoms with E-state index in [0.717, 1.165) is 44.7 Å². The molecule has 0 aliphatic rings. The number of hydrogen-bond acceptors (Lipinski definition) is 5. The van der Waals surface area contributed by atoms with E-state index in [4.69, 9.17) is 4.74 Å². The van der Waals surface area contributed by atoms with E-state index in [0.29, 0.717) is 17.2 Å². The highest BCUT2D eigenvalue weighted by molar-refractivity contribution is 7.21. The molecule has 4 nitrogen and oxygen atoms in total. The number of carbonyl (C=O) groups is 2. The summed E-state index contributed by atoms with van der Waals surface area (Å²) in [7, 11) is 0. The predicted octanol–water partition coefficient (Wildman–Crippen LogP) is 5.91. The van der Waals surface area contributed by atoms with Gasteiger partial charge in [0.1, 0.15) is 5.00 Å². The molecule has 0 spiro atoms. The van der Waals surface area contributed by atoms with Gasteiger partial charge >= 0.3 is 5.97 Å². The Morgan fingerprint density at radius 1 is 1.11 bits per heavy atom. The molecule has 0 bridgehead atoms. The highest BCUT2D eigenvalue weighted by Gasteiger charge is 2.22. The summed E-state index contributed by atoms with van der Waals surface area (Å²) >= 11 is 2.94. The van der Waals surface area contributed by atoms with E-state index in [1.165, 1.54) is 22.7 Å². The lowest BCUT2D eigenvalue weighted by Gasteiger charge is -2.07. The van der Waals surface area contributed by atoms with E-state index in [9.17, 15) is 9.59 Å². The van der Waals surface area contributed by atoms with E-state index in [-0.39, 0.29) is 5.91 Å². The first-order chi connectivity index (χ1) is 13.1. The average Bonchev–Trinajstić information content (AvgIpc) is 3.24. The van der Waals surface area contributed by atoms with Crippen molar-refractivity contribution >= 4 is 49.6 Å². The van der Waals surface area contributed by atoms with Gasteiger partial charge in [0.25, 0.3) is 5.91 Å². The van der Waals surface area contributed by atoms with Gasteiger partial charge in [0.15, 0.2) is 0 Å². The van der Waals surface area contributed by atoms with Gasteiger partial charge in [0.2, 0.25) is 0 Å². The first-order valence-corrected chi connectivity index (χ1v) is 10.8.